The smallest absolute Gasteiger partial charge is 0.388 e. The van der Waals surface area contributed by atoms with Crippen LogP contribution in [0.3, 0.4) is 0 Å². The van der Waals surface area contributed by atoms with E-state index < -0.39 is 11.9 Å². The first-order chi connectivity index (χ1) is 20.5. The van der Waals surface area contributed by atoms with Crippen molar-refractivity contribution in [1.29, 1.82) is 0 Å². The summed E-state index contributed by atoms with van der Waals surface area (Å²) in [5, 5.41) is 3.11. The third-order valence-electron chi connectivity index (χ3n) is 5.91. The van der Waals surface area contributed by atoms with Gasteiger partial charge in [-0.25, -0.2) is 4.98 Å². The average molecular weight is 669 g/mol. The molecule has 1 saturated heterocycles. The SMILES string of the molecule is CCNCC.COC.C\C=C/C(C)=C\C=C\C=Nc1c(N)ncc(Br)c1N1CCN(Cc2ccc(C(F)(F)F)nc2)CC1. The summed E-state index contributed by atoms with van der Waals surface area (Å²) < 4.78 is 43.3. The van der Waals surface area contributed by atoms with Gasteiger partial charge < -0.3 is 20.7 Å². The number of ether oxygens (including phenoxy) is 1. The molecule has 0 saturated carbocycles. The molecule has 1 aliphatic heterocycles. The van der Waals surface area contributed by atoms with E-state index in [-0.39, 0.29) is 0 Å². The highest BCUT2D eigenvalue weighted by molar-refractivity contribution is 9.10. The highest BCUT2D eigenvalue weighted by atomic mass is 79.9. The molecule has 0 bridgehead atoms. The van der Waals surface area contributed by atoms with E-state index in [9.17, 15) is 13.2 Å². The molecule has 0 unspecified atom stereocenters. The molecule has 0 spiro atoms. The minimum atomic E-state index is -4.43. The van der Waals surface area contributed by atoms with Crippen molar-refractivity contribution in [1.82, 2.24) is 20.2 Å². The predicted octanol–water partition coefficient (Wildman–Crippen LogP) is 6.82. The number of nitrogens with zero attached hydrogens (tertiary/aromatic N) is 5. The van der Waals surface area contributed by atoms with Gasteiger partial charge in [-0.2, -0.15) is 13.2 Å². The Bertz CT molecular complexity index is 1190. The van der Waals surface area contributed by atoms with E-state index >= 15 is 0 Å². The summed E-state index contributed by atoms with van der Waals surface area (Å²) in [6, 6.07) is 2.51. The van der Waals surface area contributed by atoms with Crippen molar-refractivity contribution >= 4 is 39.3 Å². The Kier molecular flexibility index (Phi) is 18.3. The number of rotatable bonds is 9. The van der Waals surface area contributed by atoms with Crippen molar-refractivity contribution in [3.63, 3.8) is 0 Å². The third-order valence-corrected chi connectivity index (χ3v) is 6.49. The van der Waals surface area contributed by atoms with Gasteiger partial charge in [0.05, 0.1) is 10.2 Å². The first-order valence-corrected chi connectivity index (χ1v) is 14.9. The average Bonchev–Trinajstić information content (AvgIpc) is 2.96. The number of alkyl halides is 3. The highest BCUT2D eigenvalue weighted by Gasteiger charge is 2.32. The van der Waals surface area contributed by atoms with Crippen LogP contribution < -0.4 is 16.0 Å². The molecule has 1 fully saturated rings. The van der Waals surface area contributed by atoms with Crippen LogP contribution in [-0.2, 0) is 17.5 Å². The molecule has 0 atom stereocenters. The standard InChI is InChI=1S/C25H28BrF3N6.C4H11N.C2H6O/c1-3-6-18(2)7-4-5-10-31-22-23(20(26)16-33-24(22)30)35-13-11-34(12-14-35)17-19-8-9-21(32-15-19)25(27,28)29;1-3-5-4-2;1-3-2/h3-10,15-16H,11-14,17H2,1-2H3,(H2,30,33);5H,3-4H2,1-2H3;1-2H3/b5-4+,6-3-,18-7-,31-10?;;. The second kappa shape index (κ2) is 20.8. The zero-order valence-electron chi connectivity index (χ0n) is 26.0. The fourth-order valence-electron chi connectivity index (χ4n) is 3.93. The molecule has 2 aromatic rings. The van der Waals surface area contributed by atoms with E-state index in [0.29, 0.717) is 31.1 Å². The van der Waals surface area contributed by atoms with E-state index in [0.717, 1.165) is 53.5 Å². The Hall–Kier alpha value is -3.06. The van der Waals surface area contributed by atoms with Crippen LogP contribution in [0.2, 0.25) is 0 Å². The molecule has 12 heteroatoms. The van der Waals surface area contributed by atoms with Gasteiger partial charge in [-0.05, 0) is 60.6 Å². The van der Waals surface area contributed by atoms with Crippen molar-refractivity contribution < 1.29 is 17.9 Å². The monoisotopic (exact) mass is 667 g/mol. The number of hydrogen-bond acceptors (Lipinski definition) is 8. The third kappa shape index (κ3) is 14.3. The molecule has 0 aliphatic carbocycles. The lowest BCUT2D eigenvalue weighted by Gasteiger charge is -2.37. The van der Waals surface area contributed by atoms with Crippen molar-refractivity contribution in [2.75, 3.05) is 64.1 Å². The Morgan fingerprint density at radius 3 is 2.26 bits per heavy atom. The number of methoxy groups -OCH3 is 1. The van der Waals surface area contributed by atoms with Gasteiger partial charge in [0.25, 0.3) is 0 Å². The molecule has 3 heterocycles. The summed E-state index contributed by atoms with van der Waals surface area (Å²) in [4.78, 5) is 16.7. The first-order valence-electron chi connectivity index (χ1n) is 14.1. The van der Waals surface area contributed by atoms with Crippen LogP contribution in [-0.4, -0.2) is 74.6 Å². The van der Waals surface area contributed by atoms with E-state index in [1.165, 1.54) is 12.3 Å². The molecular weight excluding hydrogens is 623 g/mol. The lowest BCUT2D eigenvalue weighted by Crippen LogP contribution is -2.46. The molecule has 3 rings (SSSR count). The number of nitrogens with one attached hydrogen (secondary N) is 1. The minimum absolute atomic E-state index is 0.340. The molecule has 1 aliphatic rings. The number of nitrogen functional groups attached to an aromatic ring is 1. The topological polar surface area (TPSA) is 91.9 Å². The number of allylic oxidation sites excluding steroid dienone is 6. The zero-order chi connectivity index (χ0) is 32.3. The van der Waals surface area contributed by atoms with E-state index in [2.05, 4.69) is 64.6 Å². The van der Waals surface area contributed by atoms with Crippen LogP contribution in [0.1, 0.15) is 39.0 Å². The number of anilines is 2. The van der Waals surface area contributed by atoms with Gasteiger partial charge in [0.1, 0.15) is 11.4 Å². The van der Waals surface area contributed by atoms with Crippen LogP contribution in [0.25, 0.3) is 0 Å². The first kappa shape index (κ1) is 38.0. The van der Waals surface area contributed by atoms with Gasteiger partial charge >= 0.3 is 6.18 Å². The van der Waals surface area contributed by atoms with Crippen LogP contribution in [0, 0.1) is 0 Å². The predicted molar refractivity (Wildman–Crippen MR) is 176 cm³/mol. The van der Waals surface area contributed by atoms with E-state index in [1.807, 2.05) is 44.2 Å². The molecule has 0 radical (unpaired) electrons. The van der Waals surface area contributed by atoms with E-state index in [4.69, 9.17) is 5.73 Å². The van der Waals surface area contributed by atoms with Crippen LogP contribution in [0.15, 0.2) is 69.9 Å². The maximum Gasteiger partial charge on any atom is 0.433 e. The summed E-state index contributed by atoms with van der Waals surface area (Å²) >= 11 is 3.58. The minimum Gasteiger partial charge on any atom is -0.388 e. The van der Waals surface area contributed by atoms with Gasteiger partial charge in [-0.1, -0.05) is 49.8 Å². The largest absolute Gasteiger partial charge is 0.433 e. The summed E-state index contributed by atoms with van der Waals surface area (Å²) in [6.45, 7) is 13.8. The second-order valence-corrected chi connectivity index (χ2v) is 10.3. The quantitative estimate of drug-likeness (QED) is 0.224. The van der Waals surface area contributed by atoms with Crippen molar-refractivity contribution in [2.45, 2.75) is 40.4 Å². The number of pyridine rings is 2. The number of aromatic nitrogens is 2. The van der Waals surface area contributed by atoms with Gasteiger partial charge in [0.15, 0.2) is 5.82 Å². The lowest BCUT2D eigenvalue weighted by molar-refractivity contribution is -0.141. The van der Waals surface area contributed by atoms with Crippen molar-refractivity contribution in [3.05, 3.63) is 76.2 Å². The number of piperazine rings is 1. The van der Waals surface area contributed by atoms with Crippen molar-refractivity contribution in [2.24, 2.45) is 4.99 Å². The molecule has 3 N–H and O–H groups in total. The summed E-state index contributed by atoms with van der Waals surface area (Å²) in [5.41, 5.74) is 8.63. The van der Waals surface area contributed by atoms with E-state index in [1.54, 1.807) is 26.6 Å². The van der Waals surface area contributed by atoms with Crippen LogP contribution in [0.4, 0.5) is 30.4 Å². The van der Waals surface area contributed by atoms with Crippen LogP contribution in [0.5, 0.6) is 0 Å². The Morgan fingerprint density at radius 2 is 1.74 bits per heavy atom. The fourth-order valence-corrected chi connectivity index (χ4v) is 4.47. The lowest BCUT2D eigenvalue weighted by atomic mass is 10.2. The van der Waals surface area contributed by atoms with Gasteiger partial charge in [0.2, 0.25) is 0 Å². The Labute approximate surface area is 262 Å². The van der Waals surface area contributed by atoms with Crippen LogP contribution >= 0.6 is 15.9 Å². The molecule has 238 valence electrons. The van der Waals surface area contributed by atoms with Crippen molar-refractivity contribution in [3.8, 4) is 0 Å². The highest BCUT2D eigenvalue weighted by Crippen LogP contribution is 2.39. The van der Waals surface area contributed by atoms with Gasteiger partial charge in [-0.15, -0.1) is 0 Å². The molecule has 8 nitrogen and oxygen atoms in total. The summed E-state index contributed by atoms with van der Waals surface area (Å²) in [5.74, 6) is 0.340. The summed E-state index contributed by atoms with van der Waals surface area (Å²) in [6.07, 6.45) is 9.97. The normalized spacial score (nSPS) is 14.7. The fraction of sp³-hybridized carbons (Fsp3) is 0.452. The number of nitrogens with two attached hydrogens (primary N) is 1. The number of aliphatic imine (C=N–C) groups is 1. The van der Waals surface area contributed by atoms with Gasteiger partial charge in [-0.3, -0.25) is 14.9 Å². The Morgan fingerprint density at radius 1 is 1.09 bits per heavy atom. The molecule has 0 amide bonds. The molecular formula is C31H45BrF3N7O. The maximum atomic E-state index is 12.7. The molecule has 43 heavy (non-hydrogen) atoms. The second-order valence-electron chi connectivity index (χ2n) is 9.44. The zero-order valence-corrected chi connectivity index (χ0v) is 27.5. The van der Waals surface area contributed by atoms with Gasteiger partial charge in [0, 0.05) is 65.6 Å². The summed E-state index contributed by atoms with van der Waals surface area (Å²) in [7, 11) is 3.25. The number of halogens is 4. The maximum absolute atomic E-state index is 12.7. The molecule has 2 aromatic heterocycles. The number of hydrogen-bond donors (Lipinski definition) is 2. The Balaban J connectivity index is 0.00000103. The molecule has 0 aromatic carbocycles.